The van der Waals surface area contributed by atoms with Gasteiger partial charge in [-0.1, -0.05) is 24.3 Å². The Morgan fingerprint density at radius 2 is 2.22 bits per heavy atom. The largest absolute Gasteiger partial charge is 0.386 e. The van der Waals surface area contributed by atoms with Crippen LogP contribution in [-0.2, 0) is 16.6 Å². The van der Waals surface area contributed by atoms with Crippen molar-refractivity contribution in [3.8, 4) is 6.07 Å². The quantitative estimate of drug-likeness (QED) is 0.884. The standard InChI is InChI=1S/C15H19NO2/c1-3-18-11-14(2,17)15(10-16)9-8-12-6-4-5-7-13(12)15/h4-7,17H,3,8-9,11H2,1-2H3. The van der Waals surface area contributed by atoms with E-state index in [4.69, 9.17) is 4.74 Å². The van der Waals surface area contributed by atoms with E-state index in [-0.39, 0.29) is 6.61 Å². The normalized spacial score (nSPS) is 25.2. The molecule has 1 aliphatic rings. The van der Waals surface area contributed by atoms with Crippen molar-refractivity contribution >= 4 is 0 Å². The molecule has 2 rings (SSSR count). The number of nitrogens with zero attached hydrogens (tertiary/aromatic N) is 1. The molecule has 0 spiro atoms. The third-order valence-corrected chi connectivity index (χ3v) is 3.94. The van der Waals surface area contributed by atoms with E-state index in [1.54, 1.807) is 6.92 Å². The zero-order chi connectivity index (χ0) is 13.2. The number of benzene rings is 1. The zero-order valence-electron chi connectivity index (χ0n) is 10.9. The van der Waals surface area contributed by atoms with E-state index >= 15 is 0 Å². The SMILES string of the molecule is CCOCC(C)(O)C1(C#N)CCc2ccccc21. The van der Waals surface area contributed by atoms with Gasteiger partial charge < -0.3 is 9.84 Å². The van der Waals surface area contributed by atoms with Crippen molar-refractivity contribution in [2.24, 2.45) is 0 Å². The summed E-state index contributed by atoms with van der Waals surface area (Å²) >= 11 is 0. The Labute approximate surface area is 108 Å². The highest BCUT2D eigenvalue weighted by Crippen LogP contribution is 2.46. The molecule has 0 aromatic heterocycles. The van der Waals surface area contributed by atoms with Crippen LogP contribution in [0.1, 0.15) is 31.4 Å². The van der Waals surface area contributed by atoms with Crippen molar-refractivity contribution in [3.63, 3.8) is 0 Å². The minimum atomic E-state index is -1.16. The second-order valence-corrected chi connectivity index (χ2v) is 5.09. The summed E-state index contributed by atoms with van der Waals surface area (Å²) in [5.74, 6) is 0. The summed E-state index contributed by atoms with van der Waals surface area (Å²) in [5.41, 5.74) is 0.108. The molecule has 0 saturated carbocycles. The Bertz CT molecular complexity index is 476. The Hall–Kier alpha value is -1.37. The van der Waals surface area contributed by atoms with Crippen molar-refractivity contribution < 1.29 is 9.84 Å². The number of fused-ring (bicyclic) bond motifs is 1. The molecule has 0 heterocycles. The summed E-state index contributed by atoms with van der Waals surface area (Å²) in [5, 5.41) is 20.3. The Kier molecular flexibility index (Phi) is 3.43. The first-order chi connectivity index (χ1) is 8.57. The second-order valence-electron chi connectivity index (χ2n) is 5.09. The Morgan fingerprint density at radius 1 is 1.50 bits per heavy atom. The summed E-state index contributed by atoms with van der Waals surface area (Å²) in [4.78, 5) is 0. The van der Waals surface area contributed by atoms with Crippen LogP contribution < -0.4 is 0 Å². The predicted molar refractivity (Wildman–Crippen MR) is 69.2 cm³/mol. The molecular formula is C15H19NO2. The molecule has 3 heteroatoms. The highest BCUT2D eigenvalue weighted by atomic mass is 16.5. The number of nitriles is 1. The first-order valence-electron chi connectivity index (χ1n) is 6.37. The van der Waals surface area contributed by atoms with E-state index in [2.05, 4.69) is 6.07 Å². The number of aliphatic hydroxyl groups is 1. The second kappa shape index (κ2) is 4.72. The maximum atomic E-state index is 10.7. The predicted octanol–water partition coefficient (Wildman–Crippen LogP) is 2.18. The van der Waals surface area contributed by atoms with E-state index in [0.717, 1.165) is 17.5 Å². The van der Waals surface area contributed by atoms with Crippen molar-refractivity contribution in [2.75, 3.05) is 13.2 Å². The summed E-state index contributed by atoms with van der Waals surface area (Å²) in [7, 11) is 0. The van der Waals surface area contributed by atoms with E-state index < -0.39 is 11.0 Å². The topological polar surface area (TPSA) is 53.2 Å². The monoisotopic (exact) mass is 245 g/mol. The van der Waals surface area contributed by atoms with Crippen molar-refractivity contribution in [1.82, 2.24) is 0 Å². The fourth-order valence-electron chi connectivity index (χ4n) is 2.83. The number of ether oxygens (including phenoxy) is 1. The third-order valence-electron chi connectivity index (χ3n) is 3.94. The maximum Gasteiger partial charge on any atom is 0.113 e. The lowest BCUT2D eigenvalue weighted by molar-refractivity contribution is -0.0685. The molecule has 0 saturated heterocycles. The van der Waals surface area contributed by atoms with Crippen LogP contribution >= 0.6 is 0 Å². The van der Waals surface area contributed by atoms with Gasteiger partial charge in [-0.25, -0.2) is 0 Å². The average molecular weight is 245 g/mol. The van der Waals surface area contributed by atoms with Gasteiger partial charge in [0.15, 0.2) is 0 Å². The van der Waals surface area contributed by atoms with Crippen LogP contribution in [-0.4, -0.2) is 23.9 Å². The van der Waals surface area contributed by atoms with Gasteiger partial charge in [-0.15, -0.1) is 0 Å². The third kappa shape index (κ3) is 1.82. The number of aryl methyl sites for hydroxylation is 1. The number of rotatable bonds is 4. The van der Waals surface area contributed by atoms with Gasteiger partial charge in [-0.05, 0) is 37.8 Å². The maximum absolute atomic E-state index is 10.7. The van der Waals surface area contributed by atoms with Crippen LogP contribution in [0.5, 0.6) is 0 Å². The van der Waals surface area contributed by atoms with Gasteiger partial charge in [0.05, 0.1) is 12.7 Å². The van der Waals surface area contributed by atoms with E-state index in [9.17, 15) is 10.4 Å². The lowest BCUT2D eigenvalue weighted by atomic mass is 9.70. The van der Waals surface area contributed by atoms with E-state index in [1.807, 2.05) is 31.2 Å². The van der Waals surface area contributed by atoms with Gasteiger partial charge in [0.1, 0.15) is 11.0 Å². The molecule has 18 heavy (non-hydrogen) atoms. The lowest BCUT2D eigenvalue weighted by Gasteiger charge is -2.37. The smallest absolute Gasteiger partial charge is 0.113 e. The molecule has 0 fully saturated rings. The van der Waals surface area contributed by atoms with Crippen LogP contribution in [0.4, 0.5) is 0 Å². The highest BCUT2D eigenvalue weighted by molar-refractivity contribution is 5.47. The minimum Gasteiger partial charge on any atom is -0.386 e. The molecule has 3 nitrogen and oxygen atoms in total. The molecule has 1 aromatic rings. The van der Waals surface area contributed by atoms with Gasteiger partial charge >= 0.3 is 0 Å². The minimum absolute atomic E-state index is 0.186. The molecule has 1 aliphatic carbocycles. The summed E-state index contributed by atoms with van der Waals surface area (Å²) in [6.07, 6.45) is 1.49. The highest BCUT2D eigenvalue weighted by Gasteiger charge is 2.52. The van der Waals surface area contributed by atoms with Gasteiger partial charge in [0, 0.05) is 6.61 Å². The Morgan fingerprint density at radius 3 is 2.89 bits per heavy atom. The van der Waals surface area contributed by atoms with Crippen LogP contribution in [0.15, 0.2) is 24.3 Å². The number of hydrogen-bond donors (Lipinski definition) is 1. The van der Waals surface area contributed by atoms with Gasteiger partial charge in [-0.2, -0.15) is 5.26 Å². The molecule has 0 aliphatic heterocycles. The van der Waals surface area contributed by atoms with Crippen molar-refractivity contribution in [3.05, 3.63) is 35.4 Å². The summed E-state index contributed by atoms with van der Waals surface area (Å²) in [6, 6.07) is 10.2. The fraction of sp³-hybridized carbons (Fsp3) is 0.533. The van der Waals surface area contributed by atoms with Crippen LogP contribution in [0, 0.1) is 11.3 Å². The molecule has 2 unspecified atom stereocenters. The Balaban J connectivity index is 2.43. The van der Waals surface area contributed by atoms with Crippen molar-refractivity contribution in [1.29, 1.82) is 5.26 Å². The molecule has 96 valence electrons. The number of hydrogen-bond acceptors (Lipinski definition) is 3. The lowest BCUT2D eigenvalue weighted by Crippen LogP contribution is -2.50. The van der Waals surface area contributed by atoms with Crippen LogP contribution in [0.25, 0.3) is 0 Å². The zero-order valence-corrected chi connectivity index (χ0v) is 10.9. The first-order valence-corrected chi connectivity index (χ1v) is 6.37. The first kappa shape index (κ1) is 13.1. The van der Waals surface area contributed by atoms with E-state index in [0.29, 0.717) is 13.0 Å². The van der Waals surface area contributed by atoms with E-state index in [1.165, 1.54) is 0 Å². The van der Waals surface area contributed by atoms with Crippen LogP contribution in [0.2, 0.25) is 0 Å². The molecule has 1 aromatic carbocycles. The van der Waals surface area contributed by atoms with Gasteiger partial charge in [-0.3, -0.25) is 0 Å². The summed E-state index contributed by atoms with van der Waals surface area (Å²) < 4.78 is 5.35. The van der Waals surface area contributed by atoms with Gasteiger partial charge in [0.2, 0.25) is 0 Å². The molecule has 1 N–H and O–H groups in total. The molecule has 2 atom stereocenters. The molecule has 0 radical (unpaired) electrons. The molecule has 0 amide bonds. The average Bonchev–Trinajstić information content (AvgIpc) is 2.77. The van der Waals surface area contributed by atoms with Crippen LogP contribution in [0.3, 0.4) is 0 Å². The molecule has 0 bridgehead atoms. The molecular weight excluding hydrogens is 226 g/mol. The fourth-order valence-corrected chi connectivity index (χ4v) is 2.83. The summed E-state index contributed by atoms with van der Waals surface area (Å²) in [6.45, 7) is 4.32. The van der Waals surface area contributed by atoms with Crippen molar-refractivity contribution in [2.45, 2.75) is 37.7 Å². The van der Waals surface area contributed by atoms with Gasteiger partial charge in [0.25, 0.3) is 0 Å².